The van der Waals surface area contributed by atoms with Crippen molar-refractivity contribution < 1.29 is 9.59 Å². The molecule has 1 atom stereocenters. The molecule has 2 nitrogen and oxygen atoms in total. The molecule has 0 aliphatic carbocycles. The Bertz CT molecular complexity index is 127. The zero-order valence-electron chi connectivity index (χ0n) is 3.92. The molecule has 1 saturated heterocycles. The smallest absolute Gasteiger partial charge is 0.210 e. The third-order valence-corrected chi connectivity index (χ3v) is 2.44. The van der Waals surface area contributed by atoms with Crippen molar-refractivity contribution in [3.63, 3.8) is 0 Å². The van der Waals surface area contributed by atoms with Crippen molar-refractivity contribution in [2.75, 3.05) is 5.75 Å². The van der Waals surface area contributed by atoms with Gasteiger partial charge >= 0.3 is 0 Å². The molecule has 0 amide bonds. The Balaban J connectivity index is 2.70. The van der Waals surface area contributed by atoms with Gasteiger partial charge in [0.2, 0.25) is 5.12 Å². The second-order valence-electron chi connectivity index (χ2n) is 1.45. The highest BCUT2D eigenvalue weighted by Gasteiger charge is 2.30. The number of ketones is 1. The highest BCUT2D eigenvalue weighted by molar-refractivity contribution is 8.16. The molecule has 1 rings (SSSR count). The fourth-order valence-corrected chi connectivity index (χ4v) is 1.55. The van der Waals surface area contributed by atoms with Gasteiger partial charge in [-0.25, -0.2) is 0 Å². The lowest BCUT2D eigenvalue weighted by Gasteiger charge is -1.86. The minimum atomic E-state index is -0.750. The average molecular weight is 147 g/mol. The van der Waals surface area contributed by atoms with Crippen molar-refractivity contribution in [2.45, 2.75) is 5.25 Å². The highest BCUT2D eigenvalue weighted by Crippen LogP contribution is 2.20. The average Bonchev–Trinajstić information content (AvgIpc) is 1.98. The number of carbonyl (C=O) groups is 2. The van der Waals surface area contributed by atoms with E-state index < -0.39 is 5.25 Å². The predicted octanol–water partition coefficient (Wildman–Crippen LogP) is 0.395. The molecule has 0 saturated carbocycles. The quantitative estimate of drug-likeness (QED) is 0.465. The summed E-state index contributed by atoms with van der Waals surface area (Å²) in [5, 5.41) is -0.912. The van der Waals surface area contributed by atoms with Gasteiger partial charge in [-0.1, -0.05) is 24.4 Å². The van der Waals surface area contributed by atoms with Crippen LogP contribution < -0.4 is 0 Å². The maximum absolute atomic E-state index is 10.4. The molecule has 1 fully saturated rings. The van der Waals surface area contributed by atoms with E-state index in [0.29, 0.717) is 0 Å². The lowest BCUT2D eigenvalue weighted by molar-refractivity contribution is -0.119. The van der Waals surface area contributed by atoms with E-state index in [4.69, 9.17) is 0 Å². The van der Waals surface area contributed by atoms with Crippen LogP contribution >= 0.6 is 24.4 Å². The molecule has 1 unspecified atom stereocenters. The van der Waals surface area contributed by atoms with Gasteiger partial charge in [0.15, 0.2) is 5.78 Å². The fraction of sp³-hybridized carbons (Fsp3) is 0.500. The van der Waals surface area contributed by atoms with Gasteiger partial charge in [-0.15, -0.1) is 0 Å². The van der Waals surface area contributed by atoms with Gasteiger partial charge in [-0.3, -0.25) is 9.59 Å². The molecule has 4 heteroatoms. The minimum Gasteiger partial charge on any atom is -0.297 e. The van der Waals surface area contributed by atoms with Crippen LogP contribution in [0.25, 0.3) is 0 Å². The highest BCUT2D eigenvalue weighted by atomic mass is 32.2. The monoisotopic (exact) mass is 147 g/mol. The first-order valence-electron chi connectivity index (χ1n) is 2.07. The van der Waals surface area contributed by atoms with Crippen molar-refractivity contribution in [2.24, 2.45) is 0 Å². The van der Waals surface area contributed by atoms with Gasteiger partial charge in [-0.2, -0.15) is 0 Å². The van der Waals surface area contributed by atoms with Crippen molar-refractivity contribution in [1.29, 1.82) is 0 Å². The van der Waals surface area contributed by atoms with Crippen LogP contribution in [-0.2, 0) is 9.59 Å². The Morgan fingerprint density at radius 3 is 2.38 bits per heavy atom. The summed E-state index contributed by atoms with van der Waals surface area (Å²) in [6.07, 6.45) is 0. The summed E-state index contributed by atoms with van der Waals surface area (Å²) in [5.74, 6) is 0.169. The van der Waals surface area contributed by atoms with E-state index in [1.807, 2.05) is 0 Å². The number of carbonyl (C=O) groups excluding carboxylic acids is 2. The van der Waals surface area contributed by atoms with Crippen LogP contribution in [0.5, 0.6) is 0 Å². The zero-order valence-corrected chi connectivity index (χ0v) is 5.55. The van der Waals surface area contributed by atoms with Gasteiger partial charge in [0.1, 0.15) is 5.25 Å². The zero-order chi connectivity index (χ0) is 6.15. The van der Waals surface area contributed by atoms with Crippen LogP contribution in [0, 0.1) is 0 Å². The second kappa shape index (κ2) is 2.11. The molecular weight excluding hydrogens is 144 g/mol. The molecule has 1 aliphatic rings. The molecule has 0 aromatic heterocycles. The van der Waals surface area contributed by atoms with Gasteiger partial charge in [0.05, 0.1) is 5.75 Å². The first-order valence-corrected chi connectivity index (χ1v) is 3.52. The summed E-state index contributed by atoms with van der Waals surface area (Å²) in [7, 11) is 0. The molecule has 1 aliphatic heterocycles. The first kappa shape index (κ1) is 6.16. The summed E-state index contributed by atoms with van der Waals surface area (Å²) in [4.78, 5) is 20.9. The Morgan fingerprint density at radius 2 is 2.25 bits per heavy atom. The van der Waals surface area contributed by atoms with Crippen molar-refractivity contribution in [3.8, 4) is 0 Å². The van der Waals surface area contributed by atoms with E-state index in [2.05, 4.69) is 12.6 Å². The van der Waals surface area contributed by atoms with Crippen molar-refractivity contribution in [1.82, 2.24) is 0 Å². The Hall–Kier alpha value is 0.0400. The molecule has 1 radical (unpaired) electrons. The van der Waals surface area contributed by atoms with Crippen LogP contribution in [0.2, 0.25) is 0 Å². The molecule has 0 aromatic rings. The van der Waals surface area contributed by atoms with E-state index in [1.165, 1.54) is 0 Å². The van der Waals surface area contributed by atoms with E-state index in [-0.39, 0.29) is 16.7 Å². The standard InChI is InChI=1S/C4H3O2S2/c5-2-1-8-4(6)3(2)7/h3H,1H2. The van der Waals surface area contributed by atoms with Gasteiger partial charge in [-0.05, 0) is 0 Å². The van der Waals surface area contributed by atoms with Crippen molar-refractivity contribution >= 4 is 35.3 Å². The molecule has 0 N–H and O–H groups in total. The summed E-state index contributed by atoms with van der Waals surface area (Å²) < 4.78 is 0. The molecule has 0 bridgehead atoms. The predicted molar refractivity (Wildman–Crippen MR) is 33.9 cm³/mol. The Kier molecular flexibility index (Phi) is 1.62. The fourth-order valence-electron chi connectivity index (χ4n) is 0.425. The summed E-state index contributed by atoms with van der Waals surface area (Å²) in [5.41, 5.74) is 0. The molecule has 1 heterocycles. The third kappa shape index (κ3) is 0.902. The topological polar surface area (TPSA) is 34.1 Å². The number of hydrogen-bond donors (Lipinski definition) is 0. The second-order valence-corrected chi connectivity index (χ2v) is 2.91. The summed E-state index contributed by atoms with van der Waals surface area (Å²) in [6.45, 7) is 0. The number of Topliss-reactive ketones (excluding diaryl/α,β-unsaturated/α-hetero) is 1. The van der Waals surface area contributed by atoms with Crippen molar-refractivity contribution in [3.05, 3.63) is 0 Å². The number of rotatable bonds is 0. The molecule has 8 heavy (non-hydrogen) atoms. The van der Waals surface area contributed by atoms with E-state index in [0.717, 1.165) is 11.8 Å². The summed E-state index contributed by atoms with van der Waals surface area (Å²) in [6, 6.07) is 0. The van der Waals surface area contributed by atoms with Gasteiger partial charge in [0.25, 0.3) is 0 Å². The van der Waals surface area contributed by atoms with E-state index >= 15 is 0 Å². The maximum atomic E-state index is 10.4. The van der Waals surface area contributed by atoms with Gasteiger partial charge in [0, 0.05) is 0 Å². The largest absolute Gasteiger partial charge is 0.297 e. The Labute approximate surface area is 56.4 Å². The van der Waals surface area contributed by atoms with E-state index in [1.54, 1.807) is 0 Å². The number of hydrogen-bond acceptors (Lipinski definition) is 3. The van der Waals surface area contributed by atoms with Crippen LogP contribution in [0.15, 0.2) is 0 Å². The van der Waals surface area contributed by atoms with Crippen LogP contribution in [0.1, 0.15) is 0 Å². The van der Waals surface area contributed by atoms with Gasteiger partial charge < -0.3 is 0 Å². The summed E-state index contributed by atoms with van der Waals surface area (Å²) >= 11 is 5.55. The van der Waals surface area contributed by atoms with Crippen LogP contribution in [0.3, 0.4) is 0 Å². The maximum Gasteiger partial charge on any atom is 0.210 e. The van der Waals surface area contributed by atoms with Crippen LogP contribution in [-0.4, -0.2) is 21.9 Å². The lowest BCUT2D eigenvalue weighted by atomic mass is 10.3. The number of thioether (sulfide) groups is 1. The Morgan fingerprint density at radius 1 is 1.62 bits per heavy atom. The normalized spacial score (nSPS) is 29.4. The lowest BCUT2D eigenvalue weighted by Crippen LogP contribution is -2.13. The third-order valence-electron chi connectivity index (χ3n) is 0.863. The molecule has 43 valence electrons. The SMILES string of the molecule is O=C1CSC(=O)C1[S]. The molecular formula is C4H3O2S2. The minimum absolute atomic E-state index is 0.116. The van der Waals surface area contributed by atoms with Crippen LogP contribution in [0.4, 0.5) is 0 Å². The molecule has 0 spiro atoms. The first-order chi connectivity index (χ1) is 3.72. The van der Waals surface area contributed by atoms with E-state index in [9.17, 15) is 9.59 Å². The molecule has 0 aromatic carbocycles.